The average Bonchev–Trinajstić information content (AvgIpc) is 2.80. The molecule has 0 aromatic heterocycles. The van der Waals surface area contributed by atoms with E-state index < -0.39 is 0 Å². The summed E-state index contributed by atoms with van der Waals surface area (Å²) in [5.41, 5.74) is 5.97. The Hall–Kier alpha value is -0.847. The molecule has 0 saturated carbocycles. The van der Waals surface area contributed by atoms with Crippen molar-refractivity contribution >= 4 is 17.7 Å². The van der Waals surface area contributed by atoms with Crippen LogP contribution >= 0.6 is 11.6 Å². The van der Waals surface area contributed by atoms with Crippen molar-refractivity contribution in [2.75, 3.05) is 0 Å². The van der Waals surface area contributed by atoms with Crippen molar-refractivity contribution in [3.8, 4) is 5.75 Å². The summed E-state index contributed by atoms with van der Waals surface area (Å²) in [5.74, 6) is 0.0329. The van der Waals surface area contributed by atoms with Crippen LogP contribution in [0.15, 0.2) is 42.0 Å². The topological polar surface area (TPSA) is 23.1 Å². The van der Waals surface area contributed by atoms with Crippen LogP contribution in [-0.4, -0.2) is 0 Å². The first-order chi connectivity index (χ1) is 12.3. The molecule has 1 atom stereocenters. The molecule has 2 aromatic rings. The summed E-state index contributed by atoms with van der Waals surface area (Å²) in [5, 5.41) is 12.5. The van der Waals surface area contributed by atoms with Crippen molar-refractivity contribution < 1.29 is 29.8 Å². The van der Waals surface area contributed by atoms with Crippen molar-refractivity contribution in [1.29, 1.82) is 0 Å². The number of hydrogen-bond acceptors (Lipinski definition) is 1. The Morgan fingerprint density at radius 2 is 1.52 bits per heavy atom. The van der Waals surface area contributed by atoms with E-state index in [0.29, 0.717) is 5.02 Å². The number of benzene rings is 2. The summed E-state index contributed by atoms with van der Waals surface area (Å²) in [6.45, 7) is 14.6. The van der Waals surface area contributed by atoms with Gasteiger partial charge in [0.1, 0.15) is 0 Å². The van der Waals surface area contributed by atoms with Gasteiger partial charge in [0, 0.05) is 5.02 Å². The SMILES string of the molecule is CC(C)(C)c1ccc([O-])c(C(C)(C)C)c1Cl.CC1=Cc2ccccc2[CH]1[Zr+]. The fraction of sp³-hybridized carbons (Fsp3) is 0.417. The molecule has 0 spiro atoms. The predicted molar refractivity (Wildman–Crippen MR) is 111 cm³/mol. The summed E-state index contributed by atoms with van der Waals surface area (Å²) < 4.78 is 0.721. The molecule has 2 aromatic carbocycles. The Balaban J connectivity index is 0.000000206. The van der Waals surface area contributed by atoms with Crippen LogP contribution in [0.5, 0.6) is 5.75 Å². The van der Waals surface area contributed by atoms with Crippen LogP contribution in [0.2, 0.25) is 5.02 Å². The Bertz CT molecular complexity index is 854. The minimum absolute atomic E-state index is 0.0329. The fourth-order valence-electron chi connectivity index (χ4n) is 3.32. The molecule has 142 valence electrons. The van der Waals surface area contributed by atoms with E-state index in [1.807, 2.05) is 26.8 Å². The quantitative estimate of drug-likeness (QED) is 0.429. The molecule has 0 heterocycles. The Morgan fingerprint density at radius 1 is 0.926 bits per heavy atom. The third kappa shape index (κ3) is 5.15. The van der Waals surface area contributed by atoms with Crippen LogP contribution in [0.1, 0.15) is 74.3 Å². The molecule has 1 aliphatic rings. The van der Waals surface area contributed by atoms with E-state index in [1.54, 1.807) is 30.8 Å². The standard InChI is InChI=1S/C14H21ClO.C10H9.Zr/c1-13(2,3)9-7-8-10(16)11(12(9)15)14(4,5)6;1-8-6-9-4-2-3-5-10(9)7-8;/h7-8,16H,1-6H3;2-7H,1H3;/q;;+1/p-1. The minimum atomic E-state index is -0.213. The van der Waals surface area contributed by atoms with E-state index >= 15 is 0 Å². The molecular weight excluding hydrogens is 431 g/mol. The van der Waals surface area contributed by atoms with Gasteiger partial charge in [0.15, 0.2) is 0 Å². The van der Waals surface area contributed by atoms with Gasteiger partial charge in [-0.1, -0.05) is 65.3 Å². The van der Waals surface area contributed by atoms with Gasteiger partial charge in [0.2, 0.25) is 0 Å². The van der Waals surface area contributed by atoms with Crippen molar-refractivity contribution in [2.45, 2.75) is 62.9 Å². The summed E-state index contributed by atoms with van der Waals surface area (Å²) in [4.78, 5) is 0. The number of allylic oxidation sites excluding steroid dienone is 1. The molecular formula is C24H29ClOZr. The van der Waals surface area contributed by atoms with Crippen LogP contribution in [0.3, 0.4) is 0 Å². The van der Waals surface area contributed by atoms with Crippen LogP contribution in [0, 0.1) is 0 Å². The summed E-state index contributed by atoms with van der Waals surface area (Å²) in [6, 6.07) is 12.1. The van der Waals surface area contributed by atoms with Crippen molar-refractivity contribution in [3.05, 3.63) is 69.2 Å². The van der Waals surface area contributed by atoms with E-state index in [9.17, 15) is 5.11 Å². The maximum atomic E-state index is 11.9. The molecule has 3 heteroatoms. The van der Waals surface area contributed by atoms with Crippen molar-refractivity contribution in [3.63, 3.8) is 0 Å². The number of halogens is 1. The molecule has 0 N–H and O–H groups in total. The second-order valence-corrected chi connectivity index (χ2v) is 11.0. The van der Waals surface area contributed by atoms with Gasteiger partial charge in [-0.2, -0.15) is 0 Å². The van der Waals surface area contributed by atoms with Gasteiger partial charge in [-0.05, 0) is 22.0 Å². The van der Waals surface area contributed by atoms with Gasteiger partial charge in [0.25, 0.3) is 0 Å². The third-order valence-electron chi connectivity index (χ3n) is 4.81. The molecule has 0 saturated heterocycles. The Morgan fingerprint density at radius 3 is 2.04 bits per heavy atom. The maximum absolute atomic E-state index is 11.9. The first-order valence-corrected chi connectivity index (χ1v) is 11.1. The van der Waals surface area contributed by atoms with Crippen molar-refractivity contribution in [1.82, 2.24) is 0 Å². The van der Waals surface area contributed by atoms with Gasteiger partial charge in [-0.15, -0.1) is 5.75 Å². The van der Waals surface area contributed by atoms with Crippen LogP contribution in [0.4, 0.5) is 0 Å². The van der Waals surface area contributed by atoms with E-state index in [4.69, 9.17) is 11.6 Å². The summed E-state index contributed by atoms with van der Waals surface area (Å²) >= 11 is 7.99. The monoisotopic (exact) mass is 458 g/mol. The third-order valence-corrected chi connectivity index (χ3v) is 7.08. The van der Waals surface area contributed by atoms with Crippen molar-refractivity contribution in [2.24, 2.45) is 0 Å². The van der Waals surface area contributed by atoms with E-state index in [0.717, 1.165) is 14.8 Å². The molecule has 0 fully saturated rings. The molecule has 1 unspecified atom stereocenters. The first kappa shape index (κ1) is 22.4. The zero-order valence-electron chi connectivity index (χ0n) is 17.4. The number of rotatable bonds is 0. The zero-order valence-corrected chi connectivity index (χ0v) is 20.6. The Kier molecular flexibility index (Phi) is 6.86. The summed E-state index contributed by atoms with van der Waals surface area (Å²) in [6.07, 6.45) is 2.30. The van der Waals surface area contributed by atoms with E-state index in [-0.39, 0.29) is 16.6 Å². The molecule has 0 aliphatic heterocycles. The van der Waals surface area contributed by atoms with E-state index in [2.05, 4.69) is 58.0 Å². The molecule has 1 aliphatic carbocycles. The van der Waals surface area contributed by atoms with Crippen LogP contribution < -0.4 is 5.11 Å². The van der Waals surface area contributed by atoms with Crippen LogP contribution in [-0.2, 0) is 35.5 Å². The average molecular weight is 460 g/mol. The normalized spacial score (nSPS) is 16.3. The zero-order chi connectivity index (χ0) is 20.6. The molecule has 1 nitrogen and oxygen atoms in total. The van der Waals surface area contributed by atoms with Gasteiger partial charge in [-0.25, -0.2) is 0 Å². The second kappa shape index (κ2) is 8.26. The second-order valence-electron chi connectivity index (χ2n) is 9.25. The van der Waals surface area contributed by atoms with Gasteiger partial charge < -0.3 is 5.11 Å². The van der Waals surface area contributed by atoms with Crippen LogP contribution in [0.25, 0.3) is 6.08 Å². The van der Waals surface area contributed by atoms with E-state index in [1.165, 1.54) is 16.7 Å². The molecule has 0 amide bonds. The molecule has 3 rings (SSSR count). The summed E-state index contributed by atoms with van der Waals surface area (Å²) in [7, 11) is 0. The fourth-order valence-corrected chi connectivity index (χ4v) is 4.89. The number of fused-ring (bicyclic) bond motifs is 1. The van der Waals surface area contributed by atoms with Gasteiger partial charge >= 0.3 is 82.3 Å². The first-order valence-electron chi connectivity index (χ1n) is 9.32. The Labute approximate surface area is 184 Å². The predicted octanol–water partition coefficient (Wildman–Crippen LogP) is 6.70. The molecule has 0 bridgehead atoms. The molecule has 27 heavy (non-hydrogen) atoms. The van der Waals surface area contributed by atoms with Gasteiger partial charge in [-0.3, -0.25) is 0 Å². The number of hydrogen-bond donors (Lipinski definition) is 0. The molecule has 0 radical (unpaired) electrons. The van der Waals surface area contributed by atoms with Gasteiger partial charge in [0.05, 0.1) is 0 Å².